The van der Waals surface area contributed by atoms with Gasteiger partial charge in [-0.3, -0.25) is 23.7 Å². The number of H-pyrrole nitrogens is 1. The van der Waals surface area contributed by atoms with Crippen molar-refractivity contribution in [2.75, 3.05) is 85.6 Å². The van der Waals surface area contributed by atoms with Crippen molar-refractivity contribution in [2.24, 2.45) is 11.8 Å². The number of furan rings is 1. The minimum absolute atomic E-state index is 0.0109. The van der Waals surface area contributed by atoms with Crippen LogP contribution in [0.5, 0.6) is 11.5 Å². The number of amides is 3. The van der Waals surface area contributed by atoms with Gasteiger partial charge in [-0.05, 0) is 53.1 Å². The molecule has 3 aliphatic rings. The fourth-order valence-electron chi connectivity index (χ4n) is 11.1. The first-order valence-corrected chi connectivity index (χ1v) is 26.1. The summed E-state index contributed by atoms with van der Waals surface area (Å²) in [6.45, 7) is 4.09. The van der Waals surface area contributed by atoms with E-state index in [0.717, 1.165) is 31.9 Å². The number of benzene rings is 4. The number of rotatable bonds is 15. The second-order valence-electron chi connectivity index (χ2n) is 20.1. The lowest BCUT2D eigenvalue weighted by Crippen LogP contribution is -2.46. The second kappa shape index (κ2) is 22.1. The molecule has 0 saturated carbocycles. The summed E-state index contributed by atoms with van der Waals surface area (Å²) in [5.74, 6) is -2.29. The topological polar surface area (TPSA) is 209 Å². The van der Waals surface area contributed by atoms with Crippen LogP contribution in [0.4, 0.5) is 14.5 Å². The molecule has 4 aromatic carbocycles. The summed E-state index contributed by atoms with van der Waals surface area (Å²) < 4.78 is 56.3. The van der Waals surface area contributed by atoms with Crippen molar-refractivity contribution in [2.45, 2.75) is 25.9 Å². The Bertz CT molecular complexity index is 3720. The number of hydrogen-bond acceptors (Lipinski definition) is 13. The Balaban J connectivity index is 1.07. The van der Waals surface area contributed by atoms with Gasteiger partial charge in [-0.1, -0.05) is 40.8 Å². The molecule has 3 amide bonds. The highest BCUT2D eigenvalue weighted by Crippen LogP contribution is 2.45. The zero-order valence-electron chi connectivity index (χ0n) is 44.1. The molecule has 0 radical (unpaired) electrons. The van der Waals surface area contributed by atoms with Gasteiger partial charge in [0.15, 0.2) is 5.82 Å². The van der Waals surface area contributed by atoms with Crippen molar-refractivity contribution < 1.29 is 37.1 Å². The summed E-state index contributed by atoms with van der Waals surface area (Å²) in [5.41, 5.74) is 5.03. The lowest BCUT2D eigenvalue weighted by atomic mass is 9.80. The molecule has 21 heteroatoms. The Labute approximate surface area is 453 Å². The van der Waals surface area contributed by atoms with Gasteiger partial charge in [0.2, 0.25) is 17.6 Å². The number of fused-ring (bicyclic) bond motifs is 2. The Hall–Kier alpha value is -9.16. The molecule has 79 heavy (non-hydrogen) atoms. The standard InChI is InChI=1S/C58H57F2N13O6/c1-68(2)58(76)49-29-46-45(42-10-9-39(25-51(42)78-4)69-19-13-62-14-20-69)27-44(55(60)56(46)65-49)38-24-36(32-71(34-38)53(75)12-18-73-22-16-64-67-73)35-23-37(33-70(31-35)52(74)11-17-72-21-15-63-66-72)43-28-47(41-7-5-6-8-50(41)77-3)57-48(54(43)59)26-40(30-61)79-57/h5-10,15-16,21-29,35-36,62,65H,11-14,17-20,31-34H2,1-4H3. The molecule has 2 unspecified atom stereocenters. The predicted octanol–water partition coefficient (Wildman–Crippen LogP) is 7.27. The molecule has 0 bridgehead atoms. The van der Waals surface area contributed by atoms with E-state index in [0.29, 0.717) is 50.3 Å². The number of aromatic nitrogens is 7. The Morgan fingerprint density at radius 2 is 1.34 bits per heavy atom. The molecule has 0 aliphatic carbocycles. The lowest BCUT2D eigenvalue weighted by Gasteiger charge is -2.40. The van der Waals surface area contributed by atoms with Gasteiger partial charge >= 0.3 is 0 Å². The number of aromatic amines is 1. The SMILES string of the molecule is COc1cc(N2CCNCC2)ccc1-c1cc(C2=CC(C3C=C(c4cc(-c5ccccc5OC)c5oc(C#N)cc5c4F)CN(C(=O)CCn4ccnn4)C3)CN(C(=O)CCn3ccnn3)C2)c(F)c2[nH]c(C(=O)N(C)C)cc12. The Morgan fingerprint density at radius 3 is 1.94 bits per heavy atom. The summed E-state index contributed by atoms with van der Waals surface area (Å²) >= 11 is 0. The molecule has 3 aliphatic heterocycles. The molecule has 1 saturated heterocycles. The van der Waals surface area contributed by atoms with Crippen LogP contribution in [0.15, 0.2) is 108 Å². The zero-order valence-corrected chi connectivity index (χ0v) is 44.1. The minimum atomic E-state index is -0.650. The highest BCUT2D eigenvalue weighted by molar-refractivity contribution is 6.05. The van der Waals surface area contributed by atoms with E-state index in [2.05, 4.69) is 35.8 Å². The molecular formula is C58H57F2N13O6. The summed E-state index contributed by atoms with van der Waals surface area (Å²) in [7, 11) is 6.37. The number of halogens is 2. The van der Waals surface area contributed by atoms with E-state index in [1.54, 1.807) is 77.0 Å². The summed E-state index contributed by atoms with van der Waals surface area (Å²) in [4.78, 5) is 53.0. The average Bonchev–Trinajstić information content (AvgIpc) is 4.57. The van der Waals surface area contributed by atoms with Gasteiger partial charge in [-0.15, -0.1) is 10.2 Å². The monoisotopic (exact) mass is 1070 g/mol. The first kappa shape index (κ1) is 51.9. The maximum atomic E-state index is 17.9. The van der Waals surface area contributed by atoms with Crippen molar-refractivity contribution in [1.82, 2.24) is 55.0 Å². The van der Waals surface area contributed by atoms with Crippen LogP contribution in [0.25, 0.3) is 55.3 Å². The van der Waals surface area contributed by atoms with Crippen LogP contribution in [-0.4, -0.2) is 148 Å². The zero-order chi connectivity index (χ0) is 54.9. The van der Waals surface area contributed by atoms with E-state index in [4.69, 9.17) is 13.9 Å². The number of para-hydroxylation sites is 1. The molecular weight excluding hydrogens is 1010 g/mol. The smallest absolute Gasteiger partial charge is 0.269 e. The van der Waals surface area contributed by atoms with Crippen LogP contribution in [-0.2, 0) is 22.7 Å². The number of hydrogen-bond donors (Lipinski definition) is 2. The number of piperazine rings is 1. The fourth-order valence-corrected chi connectivity index (χ4v) is 11.1. The number of nitrogens with zero attached hydrogens (tertiary/aromatic N) is 11. The lowest BCUT2D eigenvalue weighted by molar-refractivity contribution is -0.133. The van der Waals surface area contributed by atoms with Crippen LogP contribution < -0.4 is 19.7 Å². The maximum Gasteiger partial charge on any atom is 0.269 e. The van der Waals surface area contributed by atoms with E-state index in [-0.39, 0.29) is 109 Å². The number of nitrogens with one attached hydrogen (secondary N) is 2. The third-order valence-corrected chi connectivity index (χ3v) is 15.1. The molecule has 404 valence electrons. The Morgan fingerprint density at radius 1 is 0.734 bits per heavy atom. The van der Waals surface area contributed by atoms with Crippen LogP contribution in [0.2, 0.25) is 0 Å². The molecule has 1 fully saturated rings. The first-order valence-electron chi connectivity index (χ1n) is 26.1. The van der Waals surface area contributed by atoms with Crippen LogP contribution in [0.1, 0.15) is 40.2 Å². The quantitative estimate of drug-likeness (QED) is 0.104. The van der Waals surface area contributed by atoms with E-state index >= 15 is 8.78 Å². The van der Waals surface area contributed by atoms with Crippen molar-refractivity contribution in [3.05, 3.63) is 138 Å². The van der Waals surface area contributed by atoms with Crippen LogP contribution >= 0.6 is 0 Å². The first-order chi connectivity index (χ1) is 38.4. The van der Waals surface area contributed by atoms with Gasteiger partial charge in [0.25, 0.3) is 5.91 Å². The van der Waals surface area contributed by atoms with Crippen molar-refractivity contribution in [1.29, 1.82) is 5.26 Å². The van der Waals surface area contributed by atoms with Gasteiger partial charge in [0.1, 0.15) is 34.7 Å². The van der Waals surface area contributed by atoms with E-state index in [1.807, 2.05) is 54.6 Å². The van der Waals surface area contributed by atoms with Crippen molar-refractivity contribution >= 4 is 56.4 Å². The number of nitriles is 1. The van der Waals surface area contributed by atoms with Gasteiger partial charge in [0, 0.05) is 155 Å². The maximum absolute atomic E-state index is 17.9. The van der Waals surface area contributed by atoms with E-state index in [1.165, 1.54) is 30.5 Å². The van der Waals surface area contributed by atoms with Crippen LogP contribution in [0.3, 0.4) is 0 Å². The number of methoxy groups -OCH3 is 2. The highest BCUT2D eigenvalue weighted by atomic mass is 19.1. The Kier molecular flexibility index (Phi) is 14.5. The normalized spacial score (nSPS) is 16.7. The fraction of sp³-hybridized carbons (Fsp3) is 0.310. The third kappa shape index (κ3) is 10.3. The predicted molar refractivity (Wildman–Crippen MR) is 292 cm³/mol. The molecule has 8 aromatic rings. The largest absolute Gasteiger partial charge is 0.496 e. The highest BCUT2D eigenvalue weighted by Gasteiger charge is 2.36. The summed E-state index contributed by atoms with van der Waals surface area (Å²) in [5, 5.41) is 29.8. The van der Waals surface area contributed by atoms with Gasteiger partial charge < -0.3 is 43.8 Å². The number of anilines is 1. The van der Waals surface area contributed by atoms with E-state index < -0.39 is 23.5 Å². The number of aryl methyl sites for hydroxylation is 2. The minimum Gasteiger partial charge on any atom is -0.496 e. The third-order valence-electron chi connectivity index (χ3n) is 15.1. The number of carbonyl (C=O) groups is 3. The summed E-state index contributed by atoms with van der Waals surface area (Å²) in [6, 6.07) is 21.6. The van der Waals surface area contributed by atoms with E-state index in [9.17, 15) is 19.6 Å². The molecule has 2 N–H and O–H groups in total. The molecule has 4 aromatic heterocycles. The molecule has 0 spiro atoms. The molecule has 2 atom stereocenters. The summed E-state index contributed by atoms with van der Waals surface area (Å²) in [6.07, 6.45) is 10.4. The van der Waals surface area contributed by atoms with Crippen LogP contribution in [0, 0.1) is 34.8 Å². The number of carbonyl (C=O) groups excluding carboxylic acids is 3. The molecule has 11 rings (SSSR count). The van der Waals surface area contributed by atoms with Crippen molar-refractivity contribution in [3.63, 3.8) is 0 Å². The van der Waals surface area contributed by atoms with Gasteiger partial charge in [-0.2, -0.15) is 5.26 Å². The number of ether oxygens (including phenoxy) is 2. The second-order valence-corrected chi connectivity index (χ2v) is 20.1. The molecule has 7 heterocycles. The van der Waals surface area contributed by atoms with Gasteiger partial charge in [-0.25, -0.2) is 8.78 Å². The van der Waals surface area contributed by atoms with Gasteiger partial charge in [0.05, 0.1) is 50.6 Å². The van der Waals surface area contributed by atoms with Crippen molar-refractivity contribution in [3.8, 4) is 39.8 Å². The average molecular weight is 1070 g/mol. The molecule has 19 nitrogen and oxygen atoms in total.